The van der Waals surface area contributed by atoms with Gasteiger partial charge < -0.3 is 5.11 Å². The molecule has 0 amide bonds. The van der Waals surface area contributed by atoms with Crippen LogP contribution in [0.25, 0.3) is 0 Å². The Hall–Kier alpha value is -0.560. The van der Waals surface area contributed by atoms with Crippen molar-refractivity contribution in [1.82, 2.24) is 0 Å². The van der Waals surface area contributed by atoms with Crippen molar-refractivity contribution < 1.29 is 5.11 Å². The van der Waals surface area contributed by atoms with Gasteiger partial charge >= 0.3 is 0 Å². The highest BCUT2D eigenvalue weighted by Gasteiger charge is 2.02. The third kappa shape index (κ3) is 15.4. The average molecular weight is 266 g/mol. The second-order valence-electron chi connectivity index (χ2n) is 5.51. The molecule has 0 aromatic rings. The molecule has 0 aliphatic carbocycles. The summed E-state index contributed by atoms with van der Waals surface area (Å²) in [6, 6.07) is 0. The normalized spacial score (nSPS) is 12.9. The minimum Gasteiger partial charge on any atom is -0.393 e. The zero-order valence-electron chi connectivity index (χ0n) is 12.9. The van der Waals surface area contributed by atoms with E-state index in [1.54, 1.807) is 6.08 Å². The fourth-order valence-electron chi connectivity index (χ4n) is 2.32. The first-order valence-corrected chi connectivity index (χ1v) is 8.26. The van der Waals surface area contributed by atoms with Crippen LogP contribution in [0.1, 0.15) is 84.0 Å². The standard InChI is InChI=1S/C18H34O/c1-3-5-7-9-10-11-13-15-17-18(19)16-14-12-8-6-4-2/h4,6,8,18-19H,2-3,5,7,9-17H2,1H3. The SMILES string of the molecule is C=CC=CCCCC(O)CCCCCCCCCC. The van der Waals surface area contributed by atoms with Crippen LogP contribution >= 0.6 is 0 Å². The van der Waals surface area contributed by atoms with Crippen molar-refractivity contribution in [3.05, 3.63) is 24.8 Å². The van der Waals surface area contributed by atoms with E-state index in [1.807, 2.05) is 6.08 Å². The van der Waals surface area contributed by atoms with E-state index in [1.165, 1.54) is 51.4 Å². The van der Waals surface area contributed by atoms with E-state index in [-0.39, 0.29) is 6.10 Å². The Morgan fingerprint density at radius 1 is 0.895 bits per heavy atom. The van der Waals surface area contributed by atoms with Gasteiger partial charge in [0.15, 0.2) is 0 Å². The highest BCUT2D eigenvalue weighted by Crippen LogP contribution is 2.13. The number of hydrogen-bond acceptors (Lipinski definition) is 1. The molecule has 1 N–H and O–H groups in total. The van der Waals surface area contributed by atoms with Gasteiger partial charge in [0.1, 0.15) is 0 Å². The summed E-state index contributed by atoms with van der Waals surface area (Å²) in [6.07, 6.45) is 20.6. The molecule has 1 heteroatoms. The van der Waals surface area contributed by atoms with Crippen molar-refractivity contribution in [3.63, 3.8) is 0 Å². The summed E-state index contributed by atoms with van der Waals surface area (Å²) in [6.45, 7) is 5.90. The summed E-state index contributed by atoms with van der Waals surface area (Å²) in [5, 5.41) is 9.83. The van der Waals surface area contributed by atoms with Gasteiger partial charge in [-0.2, -0.15) is 0 Å². The Kier molecular flexibility index (Phi) is 15.0. The molecule has 112 valence electrons. The third-order valence-corrected chi connectivity index (χ3v) is 3.57. The van der Waals surface area contributed by atoms with Crippen molar-refractivity contribution in [1.29, 1.82) is 0 Å². The average Bonchev–Trinajstić information content (AvgIpc) is 2.41. The lowest BCUT2D eigenvalue weighted by Gasteiger charge is -2.09. The quantitative estimate of drug-likeness (QED) is 0.311. The van der Waals surface area contributed by atoms with Crippen LogP contribution in [-0.2, 0) is 0 Å². The van der Waals surface area contributed by atoms with Crippen LogP contribution in [-0.4, -0.2) is 11.2 Å². The van der Waals surface area contributed by atoms with E-state index in [0.717, 1.165) is 25.7 Å². The monoisotopic (exact) mass is 266 g/mol. The van der Waals surface area contributed by atoms with E-state index in [4.69, 9.17) is 0 Å². The summed E-state index contributed by atoms with van der Waals surface area (Å²) >= 11 is 0. The highest BCUT2D eigenvalue weighted by molar-refractivity contribution is 4.96. The molecule has 0 aromatic heterocycles. The lowest BCUT2D eigenvalue weighted by Crippen LogP contribution is -2.05. The molecule has 1 atom stereocenters. The first-order valence-electron chi connectivity index (χ1n) is 8.26. The molecule has 0 radical (unpaired) electrons. The van der Waals surface area contributed by atoms with Crippen molar-refractivity contribution >= 4 is 0 Å². The summed E-state index contributed by atoms with van der Waals surface area (Å²) in [5.74, 6) is 0. The summed E-state index contributed by atoms with van der Waals surface area (Å²) in [4.78, 5) is 0. The van der Waals surface area contributed by atoms with Gasteiger partial charge in [-0.05, 0) is 25.7 Å². The summed E-state index contributed by atoms with van der Waals surface area (Å²) in [7, 11) is 0. The molecule has 0 fully saturated rings. The lowest BCUT2D eigenvalue weighted by atomic mass is 10.0. The molecule has 0 bridgehead atoms. The minimum atomic E-state index is -0.0859. The minimum absolute atomic E-state index is 0.0859. The molecule has 0 aromatic carbocycles. The molecular weight excluding hydrogens is 232 g/mol. The predicted octanol–water partition coefficient (Wildman–Crippen LogP) is 5.79. The van der Waals surface area contributed by atoms with Gasteiger partial charge in [0, 0.05) is 0 Å². The second kappa shape index (κ2) is 15.5. The lowest BCUT2D eigenvalue weighted by molar-refractivity contribution is 0.148. The zero-order valence-corrected chi connectivity index (χ0v) is 12.9. The molecule has 0 saturated heterocycles. The Bertz CT molecular complexity index is 208. The van der Waals surface area contributed by atoms with Crippen LogP contribution in [0.2, 0.25) is 0 Å². The van der Waals surface area contributed by atoms with Crippen molar-refractivity contribution in [3.8, 4) is 0 Å². The van der Waals surface area contributed by atoms with E-state index in [0.29, 0.717) is 0 Å². The first kappa shape index (κ1) is 18.4. The number of hydrogen-bond donors (Lipinski definition) is 1. The maximum atomic E-state index is 9.83. The summed E-state index contributed by atoms with van der Waals surface area (Å²) < 4.78 is 0. The van der Waals surface area contributed by atoms with Crippen molar-refractivity contribution in [2.45, 2.75) is 90.1 Å². The molecule has 0 aliphatic heterocycles. The summed E-state index contributed by atoms with van der Waals surface area (Å²) in [5.41, 5.74) is 0. The topological polar surface area (TPSA) is 20.2 Å². The van der Waals surface area contributed by atoms with E-state index in [9.17, 15) is 5.11 Å². The van der Waals surface area contributed by atoms with Crippen LogP contribution in [0, 0.1) is 0 Å². The molecule has 0 aliphatic rings. The molecule has 1 nitrogen and oxygen atoms in total. The first-order chi connectivity index (χ1) is 9.31. The zero-order chi connectivity index (χ0) is 14.2. The van der Waals surface area contributed by atoms with Crippen LogP contribution in [0.15, 0.2) is 24.8 Å². The Labute approximate surface area is 120 Å². The Morgan fingerprint density at radius 3 is 2.11 bits per heavy atom. The second-order valence-corrected chi connectivity index (χ2v) is 5.51. The van der Waals surface area contributed by atoms with Gasteiger partial charge in [-0.15, -0.1) is 0 Å². The Morgan fingerprint density at radius 2 is 1.47 bits per heavy atom. The molecule has 1 unspecified atom stereocenters. The molecular formula is C18H34O. The van der Waals surface area contributed by atoms with E-state index < -0.39 is 0 Å². The van der Waals surface area contributed by atoms with E-state index >= 15 is 0 Å². The fourth-order valence-corrected chi connectivity index (χ4v) is 2.32. The predicted molar refractivity (Wildman–Crippen MR) is 86.4 cm³/mol. The van der Waals surface area contributed by atoms with Crippen LogP contribution in [0.4, 0.5) is 0 Å². The van der Waals surface area contributed by atoms with Gasteiger partial charge in [0.2, 0.25) is 0 Å². The van der Waals surface area contributed by atoms with Gasteiger partial charge in [0.05, 0.1) is 6.10 Å². The highest BCUT2D eigenvalue weighted by atomic mass is 16.3. The Balaban J connectivity index is 3.17. The third-order valence-electron chi connectivity index (χ3n) is 3.57. The maximum absolute atomic E-state index is 9.83. The van der Waals surface area contributed by atoms with Gasteiger partial charge in [-0.1, -0.05) is 83.1 Å². The van der Waals surface area contributed by atoms with E-state index in [2.05, 4.69) is 19.6 Å². The van der Waals surface area contributed by atoms with Crippen LogP contribution in [0.3, 0.4) is 0 Å². The molecule has 0 heterocycles. The van der Waals surface area contributed by atoms with Crippen molar-refractivity contribution in [2.75, 3.05) is 0 Å². The molecule has 0 spiro atoms. The number of rotatable bonds is 14. The van der Waals surface area contributed by atoms with Crippen LogP contribution in [0.5, 0.6) is 0 Å². The number of aliphatic hydroxyl groups is 1. The molecule has 19 heavy (non-hydrogen) atoms. The van der Waals surface area contributed by atoms with Gasteiger partial charge in [-0.3, -0.25) is 0 Å². The number of aliphatic hydroxyl groups excluding tert-OH is 1. The van der Waals surface area contributed by atoms with Gasteiger partial charge in [0.25, 0.3) is 0 Å². The fraction of sp³-hybridized carbons (Fsp3) is 0.778. The molecule has 0 saturated carbocycles. The number of unbranched alkanes of at least 4 members (excludes halogenated alkanes) is 8. The van der Waals surface area contributed by atoms with Crippen molar-refractivity contribution in [2.24, 2.45) is 0 Å². The maximum Gasteiger partial charge on any atom is 0.0540 e. The smallest absolute Gasteiger partial charge is 0.0540 e. The largest absolute Gasteiger partial charge is 0.393 e. The van der Waals surface area contributed by atoms with Crippen LogP contribution < -0.4 is 0 Å². The van der Waals surface area contributed by atoms with Gasteiger partial charge in [-0.25, -0.2) is 0 Å². The number of allylic oxidation sites excluding steroid dienone is 3. The molecule has 0 rings (SSSR count).